The zero-order valence-electron chi connectivity index (χ0n) is 12.4. The van der Waals surface area contributed by atoms with Crippen molar-refractivity contribution in [1.29, 1.82) is 0 Å². The largest absolute Gasteiger partial charge is 0.357 e. The van der Waals surface area contributed by atoms with Crippen molar-refractivity contribution in [3.63, 3.8) is 0 Å². The van der Waals surface area contributed by atoms with Gasteiger partial charge in [-0.2, -0.15) is 15.0 Å². The van der Waals surface area contributed by atoms with Crippen LogP contribution in [0.4, 0.5) is 17.8 Å². The molecular weight excluding hydrogens is 352 g/mol. The van der Waals surface area contributed by atoms with Crippen molar-refractivity contribution in [2.45, 2.75) is 20.4 Å². The lowest BCUT2D eigenvalue weighted by molar-refractivity contribution is 0.813. The summed E-state index contributed by atoms with van der Waals surface area (Å²) in [6.45, 7) is 6.59. The first-order valence-corrected chi connectivity index (χ1v) is 8.44. The molecule has 6 nitrogen and oxygen atoms in total. The van der Waals surface area contributed by atoms with E-state index in [0.717, 1.165) is 16.9 Å². The Labute approximate surface area is 137 Å². The number of rotatable bonds is 7. The van der Waals surface area contributed by atoms with Crippen molar-refractivity contribution in [3.05, 3.63) is 20.8 Å². The normalized spacial score (nSPS) is 10.5. The van der Waals surface area contributed by atoms with Gasteiger partial charge in [0.15, 0.2) is 0 Å². The minimum atomic E-state index is 0.571. The third-order valence-electron chi connectivity index (χ3n) is 2.94. The van der Waals surface area contributed by atoms with Crippen molar-refractivity contribution in [1.82, 2.24) is 15.0 Å². The van der Waals surface area contributed by atoms with Crippen LogP contribution < -0.4 is 15.5 Å². The molecule has 0 aliphatic carbocycles. The number of nitrogens with zero attached hydrogens (tertiary/aromatic N) is 4. The molecule has 0 saturated carbocycles. The molecule has 2 aromatic rings. The lowest BCUT2D eigenvalue weighted by Crippen LogP contribution is -2.25. The molecule has 0 spiro atoms. The molecule has 0 unspecified atom stereocenters. The second-order valence-electron chi connectivity index (χ2n) is 4.26. The Bertz CT molecular complexity index is 584. The Kier molecular flexibility index (Phi) is 5.75. The van der Waals surface area contributed by atoms with Gasteiger partial charge in [-0.3, -0.25) is 0 Å². The zero-order chi connectivity index (χ0) is 15.2. The molecular formula is C13H19BrN6S. The van der Waals surface area contributed by atoms with E-state index in [-0.39, 0.29) is 0 Å². The summed E-state index contributed by atoms with van der Waals surface area (Å²) in [6.07, 6.45) is 0. The lowest BCUT2D eigenvalue weighted by atomic mass is 10.5. The van der Waals surface area contributed by atoms with Crippen LogP contribution in [0.1, 0.15) is 18.7 Å². The molecule has 0 amide bonds. The summed E-state index contributed by atoms with van der Waals surface area (Å²) in [5, 5.41) is 6.23. The number of anilines is 3. The molecule has 2 heterocycles. The zero-order valence-corrected chi connectivity index (χ0v) is 14.8. The van der Waals surface area contributed by atoms with Crippen LogP contribution in [0.5, 0.6) is 0 Å². The van der Waals surface area contributed by atoms with Gasteiger partial charge in [0.25, 0.3) is 0 Å². The predicted octanol–water partition coefficient (Wildman–Crippen LogP) is 3.20. The van der Waals surface area contributed by atoms with E-state index in [2.05, 4.69) is 66.3 Å². The van der Waals surface area contributed by atoms with Crippen LogP contribution in [-0.2, 0) is 6.54 Å². The Morgan fingerprint density at radius 1 is 1.14 bits per heavy atom. The van der Waals surface area contributed by atoms with E-state index in [1.807, 2.05) is 13.1 Å². The maximum atomic E-state index is 4.49. The molecule has 2 aromatic heterocycles. The first kappa shape index (κ1) is 16.0. The summed E-state index contributed by atoms with van der Waals surface area (Å²) < 4.78 is 1.12. The summed E-state index contributed by atoms with van der Waals surface area (Å²) in [5.41, 5.74) is 0. The van der Waals surface area contributed by atoms with Gasteiger partial charge in [-0.15, -0.1) is 11.3 Å². The molecule has 0 aliphatic heterocycles. The van der Waals surface area contributed by atoms with Crippen molar-refractivity contribution in [2.75, 3.05) is 35.7 Å². The van der Waals surface area contributed by atoms with Crippen LogP contribution in [-0.4, -0.2) is 35.1 Å². The van der Waals surface area contributed by atoms with Gasteiger partial charge in [0, 0.05) is 25.0 Å². The number of halogens is 1. The second kappa shape index (κ2) is 7.56. The third-order valence-corrected chi connectivity index (χ3v) is 4.57. The van der Waals surface area contributed by atoms with Gasteiger partial charge >= 0.3 is 0 Å². The van der Waals surface area contributed by atoms with E-state index in [9.17, 15) is 0 Å². The molecule has 0 atom stereocenters. The molecule has 0 fully saturated rings. The number of aromatic nitrogens is 3. The first-order chi connectivity index (χ1) is 10.2. The van der Waals surface area contributed by atoms with Crippen molar-refractivity contribution in [3.8, 4) is 0 Å². The predicted molar refractivity (Wildman–Crippen MR) is 92.3 cm³/mol. The summed E-state index contributed by atoms with van der Waals surface area (Å²) in [6, 6.07) is 4.11. The van der Waals surface area contributed by atoms with E-state index in [1.54, 1.807) is 11.3 Å². The van der Waals surface area contributed by atoms with E-state index in [1.165, 1.54) is 4.88 Å². The van der Waals surface area contributed by atoms with Crippen LogP contribution in [0.3, 0.4) is 0 Å². The first-order valence-electron chi connectivity index (χ1n) is 6.83. The Balaban J connectivity index is 2.16. The molecule has 0 aromatic carbocycles. The maximum Gasteiger partial charge on any atom is 0.231 e. The van der Waals surface area contributed by atoms with Crippen molar-refractivity contribution >= 4 is 45.1 Å². The second-order valence-corrected chi connectivity index (χ2v) is 6.81. The van der Waals surface area contributed by atoms with Gasteiger partial charge in [-0.05, 0) is 41.9 Å². The molecule has 21 heavy (non-hydrogen) atoms. The highest BCUT2D eigenvalue weighted by Gasteiger charge is 2.10. The smallest absolute Gasteiger partial charge is 0.231 e. The maximum absolute atomic E-state index is 4.49. The summed E-state index contributed by atoms with van der Waals surface area (Å²) >= 11 is 5.16. The Morgan fingerprint density at radius 2 is 1.86 bits per heavy atom. The van der Waals surface area contributed by atoms with Crippen molar-refractivity contribution < 1.29 is 0 Å². The lowest BCUT2D eigenvalue weighted by Gasteiger charge is -2.19. The molecule has 2 N–H and O–H groups in total. The molecule has 0 saturated heterocycles. The quantitative estimate of drug-likeness (QED) is 0.779. The fraction of sp³-hybridized carbons (Fsp3) is 0.462. The molecule has 114 valence electrons. The molecule has 8 heteroatoms. The Hall–Kier alpha value is -1.41. The van der Waals surface area contributed by atoms with Gasteiger partial charge in [-0.1, -0.05) is 0 Å². The summed E-state index contributed by atoms with van der Waals surface area (Å²) in [5.74, 6) is 1.84. The van der Waals surface area contributed by atoms with E-state index < -0.39 is 0 Å². The highest BCUT2D eigenvalue weighted by atomic mass is 79.9. The van der Waals surface area contributed by atoms with Crippen molar-refractivity contribution in [2.24, 2.45) is 0 Å². The van der Waals surface area contributed by atoms with Crippen LogP contribution in [0.25, 0.3) is 0 Å². The summed E-state index contributed by atoms with van der Waals surface area (Å²) in [4.78, 5) is 16.6. The van der Waals surface area contributed by atoms with Gasteiger partial charge < -0.3 is 15.5 Å². The topological polar surface area (TPSA) is 66.0 Å². The fourth-order valence-electron chi connectivity index (χ4n) is 1.82. The third kappa shape index (κ3) is 4.28. The van der Waals surface area contributed by atoms with E-state index >= 15 is 0 Å². The van der Waals surface area contributed by atoms with Gasteiger partial charge in [0.05, 0.1) is 10.3 Å². The fourth-order valence-corrected chi connectivity index (χ4v) is 3.24. The SMILES string of the molecule is CCN(CC)c1nc(NC)nc(NCc2ccc(Br)s2)n1. The molecule has 0 radical (unpaired) electrons. The summed E-state index contributed by atoms with van der Waals surface area (Å²) in [7, 11) is 1.81. The number of hydrogen-bond acceptors (Lipinski definition) is 7. The number of nitrogens with one attached hydrogen (secondary N) is 2. The van der Waals surface area contributed by atoms with Crippen LogP contribution in [0.15, 0.2) is 15.9 Å². The highest BCUT2D eigenvalue weighted by molar-refractivity contribution is 9.11. The monoisotopic (exact) mass is 370 g/mol. The van der Waals surface area contributed by atoms with Gasteiger partial charge in [0.1, 0.15) is 0 Å². The number of hydrogen-bond donors (Lipinski definition) is 2. The Morgan fingerprint density at radius 3 is 2.43 bits per heavy atom. The van der Waals surface area contributed by atoms with Gasteiger partial charge in [-0.25, -0.2) is 0 Å². The average molecular weight is 371 g/mol. The minimum absolute atomic E-state index is 0.571. The van der Waals surface area contributed by atoms with Crippen LogP contribution in [0.2, 0.25) is 0 Å². The molecule has 0 bridgehead atoms. The standard InChI is InChI=1S/C13H19BrN6S/c1-4-20(5-2)13-18-11(15-3)17-12(19-13)16-8-9-6-7-10(14)21-9/h6-7H,4-5,8H2,1-3H3,(H2,15,16,17,18,19). The molecule has 0 aliphatic rings. The number of thiophene rings is 1. The van der Waals surface area contributed by atoms with E-state index in [4.69, 9.17) is 0 Å². The van der Waals surface area contributed by atoms with Crippen LogP contribution >= 0.6 is 27.3 Å². The minimum Gasteiger partial charge on any atom is -0.357 e. The van der Waals surface area contributed by atoms with Crippen LogP contribution in [0, 0.1) is 0 Å². The van der Waals surface area contributed by atoms with Gasteiger partial charge in [0.2, 0.25) is 17.8 Å². The highest BCUT2D eigenvalue weighted by Crippen LogP contribution is 2.22. The van der Waals surface area contributed by atoms with E-state index in [0.29, 0.717) is 24.4 Å². The molecule has 2 rings (SSSR count). The average Bonchev–Trinajstić information content (AvgIpc) is 2.92.